The first-order valence-corrected chi connectivity index (χ1v) is 3.40. The molecule has 0 fully saturated rings. The molecule has 3 N–H and O–H groups in total. The van der Waals surface area contributed by atoms with Crippen LogP contribution in [0.5, 0.6) is 0 Å². The van der Waals surface area contributed by atoms with Gasteiger partial charge in [-0.15, -0.1) is 0 Å². The van der Waals surface area contributed by atoms with Gasteiger partial charge in [0.15, 0.2) is 0 Å². The Balaban J connectivity index is 4.60. The van der Waals surface area contributed by atoms with Crippen molar-refractivity contribution >= 4 is 12.1 Å². The zero-order chi connectivity index (χ0) is 9.56. The second-order valence-electron chi connectivity index (χ2n) is 2.06. The van der Waals surface area contributed by atoms with E-state index >= 15 is 0 Å². The summed E-state index contributed by atoms with van der Waals surface area (Å²) < 4.78 is 0. The molecule has 1 amide bonds. The summed E-state index contributed by atoms with van der Waals surface area (Å²) >= 11 is 0. The number of rotatable bonds is 3. The molecule has 4 nitrogen and oxygen atoms in total. The highest BCUT2D eigenvalue weighted by Gasteiger charge is 1.99. The van der Waals surface area contributed by atoms with Gasteiger partial charge < -0.3 is 10.8 Å². The number of amides is 1. The molecule has 0 saturated carbocycles. The second kappa shape index (κ2) is 5.12. The van der Waals surface area contributed by atoms with Gasteiger partial charge in [0.25, 0.3) is 0 Å². The number of nitrogens with zero attached hydrogens (tertiary/aromatic N) is 1. The van der Waals surface area contributed by atoms with Crippen molar-refractivity contribution in [1.29, 1.82) is 0 Å². The fraction of sp³-hybridized carbons (Fsp3) is 0.250. The van der Waals surface area contributed by atoms with Gasteiger partial charge in [0, 0.05) is 12.6 Å². The van der Waals surface area contributed by atoms with Gasteiger partial charge in [-0.1, -0.05) is 6.08 Å². The summed E-state index contributed by atoms with van der Waals surface area (Å²) in [5, 5.41) is 9.06. The number of hydrogen-bond acceptors (Lipinski definition) is 3. The van der Waals surface area contributed by atoms with E-state index in [4.69, 9.17) is 10.8 Å². The molecule has 0 atom stereocenters. The SMILES string of the molecule is C/C=C(\C=C(\O)C=NC)C(N)=O. The van der Waals surface area contributed by atoms with Crippen LogP contribution in [0.3, 0.4) is 0 Å². The number of carbonyl (C=O) groups excluding carboxylic acids is 1. The molecule has 0 aliphatic rings. The number of carbonyl (C=O) groups is 1. The smallest absolute Gasteiger partial charge is 0.248 e. The van der Waals surface area contributed by atoms with Crippen molar-refractivity contribution in [1.82, 2.24) is 0 Å². The van der Waals surface area contributed by atoms with Crippen LogP contribution in [0, 0.1) is 0 Å². The second-order valence-corrected chi connectivity index (χ2v) is 2.06. The quantitative estimate of drug-likeness (QED) is 0.279. The molecule has 0 bridgehead atoms. The lowest BCUT2D eigenvalue weighted by molar-refractivity contribution is -0.114. The molecule has 0 saturated heterocycles. The molecular weight excluding hydrogens is 156 g/mol. The summed E-state index contributed by atoms with van der Waals surface area (Å²) in [5.41, 5.74) is 5.24. The molecule has 0 aliphatic heterocycles. The first-order chi connectivity index (χ1) is 5.61. The van der Waals surface area contributed by atoms with Gasteiger partial charge in [0.1, 0.15) is 5.76 Å². The summed E-state index contributed by atoms with van der Waals surface area (Å²) in [6.07, 6.45) is 4.00. The van der Waals surface area contributed by atoms with Gasteiger partial charge in [0.05, 0.1) is 6.21 Å². The number of aliphatic hydroxyl groups excluding tert-OH is 1. The minimum Gasteiger partial charge on any atom is -0.506 e. The molecule has 0 aliphatic carbocycles. The van der Waals surface area contributed by atoms with E-state index in [1.54, 1.807) is 6.92 Å². The van der Waals surface area contributed by atoms with Crippen LogP contribution in [0.4, 0.5) is 0 Å². The van der Waals surface area contributed by atoms with Crippen LogP contribution in [0.25, 0.3) is 0 Å². The van der Waals surface area contributed by atoms with Gasteiger partial charge in [-0.25, -0.2) is 0 Å². The zero-order valence-electron chi connectivity index (χ0n) is 7.11. The van der Waals surface area contributed by atoms with Gasteiger partial charge in [-0.2, -0.15) is 0 Å². The topological polar surface area (TPSA) is 75.7 Å². The highest BCUT2D eigenvalue weighted by molar-refractivity contribution is 5.96. The fourth-order valence-corrected chi connectivity index (χ4v) is 0.626. The minimum absolute atomic E-state index is 0.0931. The lowest BCUT2D eigenvalue weighted by atomic mass is 10.2. The highest BCUT2D eigenvalue weighted by atomic mass is 16.3. The molecule has 12 heavy (non-hydrogen) atoms. The predicted octanol–water partition coefficient (Wildman–Crippen LogP) is 0.560. The molecule has 66 valence electrons. The first-order valence-electron chi connectivity index (χ1n) is 3.40. The van der Waals surface area contributed by atoms with Crippen molar-refractivity contribution in [2.75, 3.05) is 7.05 Å². The fourth-order valence-electron chi connectivity index (χ4n) is 0.626. The van der Waals surface area contributed by atoms with E-state index < -0.39 is 5.91 Å². The van der Waals surface area contributed by atoms with Crippen LogP contribution in [-0.4, -0.2) is 24.3 Å². The molecule has 0 aromatic heterocycles. The maximum absolute atomic E-state index is 10.6. The van der Waals surface area contributed by atoms with E-state index in [-0.39, 0.29) is 11.3 Å². The molecule has 4 heteroatoms. The van der Waals surface area contributed by atoms with Crippen molar-refractivity contribution in [3.8, 4) is 0 Å². The average molecular weight is 168 g/mol. The summed E-state index contributed by atoms with van der Waals surface area (Å²) in [5.74, 6) is -0.669. The molecule has 0 aromatic carbocycles. The Labute approximate surface area is 71.1 Å². The van der Waals surface area contributed by atoms with Crippen LogP contribution < -0.4 is 5.73 Å². The van der Waals surface area contributed by atoms with Crippen LogP contribution >= 0.6 is 0 Å². The third-order valence-corrected chi connectivity index (χ3v) is 1.16. The van der Waals surface area contributed by atoms with Crippen LogP contribution in [0.2, 0.25) is 0 Å². The van der Waals surface area contributed by atoms with E-state index in [9.17, 15) is 4.79 Å². The maximum atomic E-state index is 10.6. The first kappa shape index (κ1) is 10.4. The van der Waals surface area contributed by atoms with Gasteiger partial charge in [0.2, 0.25) is 5.91 Å². The van der Waals surface area contributed by atoms with E-state index in [1.165, 1.54) is 25.4 Å². The van der Waals surface area contributed by atoms with E-state index in [0.717, 1.165) is 0 Å². The Morgan fingerprint density at radius 2 is 2.17 bits per heavy atom. The minimum atomic E-state index is -0.575. The zero-order valence-corrected chi connectivity index (χ0v) is 7.11. The third kappa shape index (κ3) is 3.55. The largest absolute Gasteiger partial charge is 0.506 e. The van der Waals surface area contributed by atoms with Crippen molar-refractivity contribution in [3.05, 3.63) is 23.5 Å². The third-order valence-electron chi connectivity index (χ3n) is 1.16. The Hall–Kier alpha value is -1.58. The van der Waals surface area contributed by atoms with Gasteiger partial charge in [-0.3, -0.25) is 9.79 Å². The Kier molecular flexibility index (Phi) is 4.45. The molecule has 0 aromatic rings. The van der Waals surface area contributed by atoms with Gasteiger partial charge in [-0.05, 0) is 13.0 Å². The molecule has 0 unspecified atom stereocenters. The Bertz CT molecular complexity index is 252. The lowest BCUT2D eigenvalue weighted by Crippen LogP contribution is -2.12. The lowest BCUT2D eigenvalue weighted by Gasteiger charge is -1.94. The Morgan fingerprint density at radius 1 is 1.58 bits per heavy atom. The van der Waals surface area contributed by atoms with E-state index in [2.05, 4.69) is 4.99 Å². The van der Waals surface area contributed by atoms with Crippen molar-refractivity contribution < 1.29 is 9.90 Å². The average Bonchev–Trinajstić information content (AvgIpc) is 2.00. The molecule has 0 spiro atoms. The number of aliphatic imine (C=N–C) groups is 1. The Morgan fingerprint density at radius 3 is 2.50 bits per heavy atom. The maximum Gasteiger partial charge on any atom is 0.248 e. The predicted molar refractivity (Wildman–Crippen MR) is 48.1 cm³/mol. The van der Waals surface area contributed by atoms with E-state index in [0.29, 0.717) is 0 Å². The summed E-state index contributed by atoms with van der Waals surface area (Å²) in [7, 11) is 1.52. The normalized spacial score (nSPS) is 13.8. The number of nitrogens with two attached hydrogens (primary N) is 1. The van der Waals surface area contributed by atoms with Crippen LogP contribution in [-0.2, 0) is 4.79 Å². The highest BCUT2D eigenvalue weighted by Crippen LogP contribution is 1.97. The van der Waals surface area contributed by atoms with Crippen molar-refractivity contribution in [2.24, 2.45) is 10.7 Å². The van der Waals surface area contributed by atoms with Crippen LogP contribution in [0.1, 0.15) is 6.92 Å². The molecule has 0 heterocycles. The molecule has 0 rings (SSSR count). The molecule has 0 radical (unpaired) electrons. The number of allylic oxidation sites excluding steroid dienone is 2. The van der Waals surface area contributed by atoms with Gasteiger partial charge >= 0.3 is 0 Å². The number of aliphatic hydroxyl groups is 1. The number of primary amides is 1. The monoisotopic (exact) mass is 168 g/mol. The van der Waals surface area contributed by atoms with Crippen molar-refractivity contribution in [3.63, 3.8) is 0 Å². The number of hydrogen-bond donors (Lipinski definition) is 2. The van der Waals surface area contributed by atoms with E-state index in [1.807, 2.05) is 0 Å². The summed E-state index contributed by atoms with van der Waals surface area (Å²) in [6, 6.07) is 0. The molecular formula is C8H12N2O2. The van der Waals surface area contributed by atoms with Crippen LogP contribution in [0.15, 0.2) is 28.5 Å². The summed E-state index contributed by atoms with van der Waals surface area (Å²) in [4.78, 5) is 14.2. The summed E-state index contributed by atoms with van der Waals surface area (Å²) in [6.45, 7) is 1.66. The standard InChI is InChI=1S/C8H12N2O2/c1-3-6(8(9)12)4-7(11)5-10-2/h3-5,11H,1-2H3,(H2,9,12)/b6-3+,7-4+,10-5?. The van der Waals surface area contributed by atoms with Crippen molar-refractivity contribution in [2.45, 2.75) is 6.92 Å².